The number of aryl methyl sites for hydroxylation is 1. The smallest absolute Gasteiger partial charge is 0.163 e. The van der Waals surface area contributed by atoms with E-state index in [1.165, 1.54) is 0 Å². The molecule has 0 aliphatic heterocycles. The average Bonchev–Trinajstić information content (AvgIpc) is 2.40. The Balaban J connectivity index is 2.52. The third-order valence-corrected chi connectivity index (χ3v) is 3.01. The second-order valence-corrected chi connectivity index (χ2v) is 4.39. The normalized spacial score (nSPS) is 10.3. The van der Waals surface area contributed by atoms with Crippen molar-refractivity contribution in [2.45, 2.75) is 20.8 Å². The molecule has 0 aliphatic carbocycles. The second kappa shape index (κ2) is 5.65. The van der Waals surface area contributed by atoms with Crippen molar-refractivity contribution >= 4 is 5.78 Å². The highest BCUT2D eigenvalue weighted by Crippen LogP contribution is 2.28. The molecule has 98 valence electrons. The summed E-state index contributed by atoms with van der Waals surface area (Å²) < 4.78 is 5.48. The first-order valence-corrected chi connectivity index (χ1v) is 6.32. The summed E-state index contributed by atoms with van der Waals surface area (Å²) in [7, 11) is 0. The van der Waals surface area contributed by atoms with E-state index in [0.29, 0.717) is 17.9 Å². The van der Waals surface area contributed by atoms with E-state index in [2.05, 4.69) is 4.98 Å². The maximum atomic E-state index is 11.7. The molecule has 0 bridgehead atoms. The van der Waals surface area contributed by atoms with E-state index in [1.807, 2.05) is 44.3 Å². The number of ether oxygens (including phenoxy) is 1. The number of carbonyl (C=O) groups excluding carboxylic acids is 1. The van der Waals surface area contributed by atoms with Crippen molar-refractivity contribution in [2.24, 2.45) is 0 Å². The van der Waals surface area contributed by atoms with Crippen molar-refractivity contribution in [3.05, 3.63) is 47.8 Å². The van der Waals surface area contributed by atoms with Gasteiger partial charge < -0.3 is 4.74 Å². The number of rotatable bonds is 4. The summed E-state index contributed by atoms with van der Waals surface area (Å²) in [5.74, 6) is 0.645. The molecular weight excluding hydrogens is 238 g/mol. The van der Waals surface area contributed by atoms with Gasteiger partial charge >= 0.3 is 0 Å². The van der Waals surface area contributed by atoms with Crippen molar-refractivity contribution in [1.29, 1.82) is 0 Å². The van der Waals surface area contributed by atoms with E-state index < -0.39 is 0 Å². The van der Waals surface area contributed by atoms with Gasteiger partial charge in [0.1, 0.15) is 5.75 Å². The summed E-state index contributed by atoms with van der Waals surface area (Å²) in [6, 6.07) is 7.64. The largest absolute Gasteiger partial charge is 0.493 e. The van der Waals surface area contributed by atoms with E-state index in [1.54, 1.807) is 13.1 Å². The molecule has 0 radical (unpaired) electrons. The fraction of sp³-hybridized carbons (Fsp3) is 0.250. The third kappa shape index (κ3) is 2.81. The molecule has 0 fully saturated rings. The van der Waals surface area contributed by atoms with E-state index >= 15 is 0 Å². The quantitative estimate of drug-likeness (QED) is 0.783. The van der Waals surface area contributed by atoms with Gasteiger partial charge in [0, 0.05) is 18.0 Å². The molecule has 0 N–H and O–H groups in total. The standard InChI is InChI=1S/C16H17NO2/c1-4-19-16-6-5-13(9-14(16)12(3)18)15-10-17-8-7-11(15)2/h5-10H,4H2,1-3H3. The van der Waals surface area contributed by atoms with E-state index in [-0.39, 0.29) is 5.78 Å². The molecule has 2 aromatic rings. The van der Waals surface area contributed by atoms with Crippen LogP contribution >= 0.6 is 0 Å². The average molecular weight is 255 g/mol. The molecule has 0 spiro atoms. The summed E-state index contributed by atoms with van der Waals surface area (Å²) >= 11 is 0. The molecule has 1 aromatic carbocycles. The Morgan fingerprint density at radius 2 is 2.11 bits per heavy atom. The maximum absolute atomic E-state index is 11.7. The monoisotopic (exact) mass is 255 g/mol. The molecule has 0 amide bonds. The minimum absolute atomic E-state index is 0.00634. The molecule has 0 saturated heterocycles. The first kappa shape index (κ1) is 13.3. The first-order valence-electron chi connectivity index (χ1n) is 6.32. The number of ketones is 1. The van der Waals surface area contributed by atoms with Gasteiger partial charge in [0.25, 0.3) is 0 Å². The van der Waals surface area contributed by atoms with Crippen LogP contribution in [0.25, 0.3) is 11.1 Å². The third-order valence-electron chi connectivity index (χ3n) is 3.01. The van der Waals surface area contributed by atoms with Crippen LogP contribution in [0.2, 0.25) is 0 Å². The molecule has 1 heterocycles. The molecular formula is C16H17NO2. The van der Waals surface area contributed by atoms with Gasteiger partial charge in [-0.1, -0.05) is 6.07 Å². The highest BCUT2D eigenvalue weighted by atomic mass is 16.5. The minimum atomic E-state index is 0.00634. The second-order valence-electron chi connectivity index (χ2n) is 4.39. The van der Waals surface area contributed by atoms with Gasteiger partial charge in [0.15, 0.2) is 5.78 Å². The van der Waals surface area contributed by atoms with Gasteiger partial charge in [0.2, 0.25) is 0 Å². The van der Waals surface area contributed by atoms with Crippen LogP contribution in [-0.4, -0.2) is 17.4 Å². The summed E-state index contributed by atoms with van der Waals surface area (Å²) in [5.41, 5.74) is 3.77. The fourth-order valence-corrected chi connectivity index (χ4v) is 2.02. The van der Waals surface area contributed by atoms with Gasteiger partial charge in [-0.25, -0.2) is 0 Å². The molecule has 0 atom stereocenters. The number of carbonyl (C=O) groups is 1. The van der Waals surface area contributed by atoms with Crippen LogP contribution in [-0.2, 0) is 0 Å². The maximum Gasteiger partial charge on any atom is 0.163 e. The number of nitrogens with zero attached hydrogens (tertiary/aromatic N) is 1. The zero-order valence-electron chi connectivity index (χ0n) is 11.4. The number of pyridine rings is 1. The zero-order valence-corrected chi connectivity index (χ0v) is 11.4. The van der Waals surface area contributed by atoms with Crippen molar-refractivity contribution in [3.8, 4) is 16.9 Å². The number of hydrogen-bond acceptors (Lipinski definition) is 3. The van der Waals surface area contributed by atoms with Crippen LogP contribution in [0, 0.1) is 6.92 Å². The van der Waals surface area contributed by atoms with Crippen LogP contribution < -0.4 is 4.74 Å². The van der Waals surface area contributed by atoms with Gasteiger partial charge in [-0.15, -0.1) is 0 Å². The van der Waals surface area contributed by atoms with Crippen molar-refractivity contribution in [3.63, 3.8) is 0 Å². The van der Waals surface area contributed by atoms with E-state index in [9.17, 15) is 4.79 Å². The Morgan fingerprint density at radius 3 is 2.74 bits per heavy atom. The number of benzene rings is 1. The zero-order chi connectivity index (χ0) is 13.8. The minimum Gasteiger partial charge on any atom is -0.493 e. The van der Waals surface area contributed by atoms with Crippen LogP contribution in [0.1, 0.15) is 29.8 Å². The summed E-state index contributed by atoms with van der Waals surface area (Å²) in [6.45, 7) is 6.04. The predicted molar refractivity (Wildman–Crippen MR) is 75.6 cm³/mol. The van der Waals surface area contributed by atoms with Crippen LogP contribution in [0.3, 0.4) is 0 Å². The van der Waals surface area contributed by atoms with Crippen LogP contribution in [0.4, 0.5) is 0 Å². The molecule has 2 rings (SSSR count). The lowest BCUT2D eigenvalue weighted by molar-refractivity contribution is 0.101. The fourth-order valence-electron chi connectivity index (χ4n) is 2.02. The van der Waals surface area contributed by atoms with Crippen molar-refractivity contribution in [2.75, 3.05) is 6.61 Å². The molecule has 3 heteroatoms. The highest BCUT2D eigenvalue weighted by Gasteiger charge is 2.11. The Hall–Kier alpha value is -2.16. The van der Waals surface area contributed by atoms with Crippen molar-refractivity contribution in [1.82, 2.24) is 4.98 Å². The Kier molecular flexibility index (Phi) is 3.95. The summed E-state index contributed by atoms with van der Waals surface area (Å²) in [5, 5.41) is 0. The van der Waals surface area contributed by atoms with Crippen LogP contribution in [0.5, 0.6) is 5.75 Å². The highest BCUT2D eigenvalue weighted by molar-refractivity contribution is 5.98. The number of Topliss-reactive ketones (excluding diaryl/α,β-unsaturated/α-hetero) is 1. The lowest BCUT2D eigenvalue weighted by atomic mass is 9.99. The summed E-state index contributed by atoms with van der Waals surface area (Å²) in [4.78, 5) is 15.9. The van der Waals surface area contributed by atoms with Crippen LogP contribution in [0.15, 0.2) is 36.7 Å². The predicted octanol–water partition coefficient (Wildman–Crippen LogP) is 3.66. The SMILES string of the molecule is CCOc1ccc(-c2cnccc2C)cc1C(C)=O. The molecule has 0 saturated carbocycles. The van der Waals surface area contributed by atoms with Crippen molar-refractivity contribution < 1.29 is 9.53 Å². The van der Waals surface area contributed by atoms with Gasteiger partial charge in [-0.05, 0) is 50.1 Å². The Morgan fingerprint density at radius 1 is 1.32 bits per heavy atom. The lowest BCUT2D eigenvalue weighted by Crippen LogP contribution is -2.01. The number of aromatic nitrogens is 1. The van der Waals surface area contributed by atoms with Gasteiger partial charge in [-0.2, -0.15) is 0 Å². The molecule has 0 unspecified atom stereocenters. The number of hydrogen-bond donors (Lipinski definition) is 0. The summed E-state index contributed by atoms with van der Waals surface area (Å²) in [6.07, 6.45) is 3.58. The Bertz CT molecular complexity index is 605. The molecule has 1 aromatic heterocycles. The molecule has 0 aliphatic rings. The van der Waals surface area contributed by atoms with E-state index in [4.69, 9.17) is 4.74 Å². The van der Waals surface area contributed by atoms with Gasteiger partial charge in [0.05, 0.1) is 12.2 Å². The van der Waals surface area contributed by atoms with Gasteiger partial charge in [-0.3, -0.25) is 9.78 Å². The molecule has 3 nitrogen and oxygen atoms in total. The lowest BCUT2D eigenvalue weighted by Gasteiger charge is -2.11. The first-order chi connectivity index (χ1) is 9.13. The molecule has 19 heavy (non-hydrogen) atoms. The Labute approximate surface area is 113 Å². The van der Waals surface area contributed by atoms with E-state index in [0.717, 1.165) is 16.7 Å². The topological polar surface area (TPSA) is 39.2 Å².